The van der Waals surface area contributed by atoms with Crippen LogP contribution in [-0.4, -0.2) is 12.3 Å². The monoisotopic (exact) mass is 163 g/mol. The van der Waals surface area contributed by atoms with Crippen molar-refractivity contribution in [2.24, 2.45) is 11.7 Å². The van der Waals surface area contributed by atoms with Crippen molar-refractivity contribution in [1.82, 2.24) is 0 Å². The summed E-state index contributed by atoms with van der Waals surface area (Å²) in [5.41, 5.74) is 6.14. The Hall–Kier alpha value is -1.15. The maximum Gasteiger partial charge on any atom is 0.166 e. The Morgan fingerprint density at radius 3 is 2.50 bits per heavy atom. The lowest BCUT2D eigenvalue weighted by Gasteiger charge is -2.05. The van der Waals surface area contributed by atoms with Crippen molar-refractivity contribution in [2.75, 3.05) is 6.54 Å². The number of nitrogens with two attached hydrogens (primary N) is 1. The molecule has 2 heteroatoms. The highest BCUT2D eigenvalue weighted by molar-refractivity contribution is 5.97. The van der Waals surface area contributed by atoms with E-state index in [1.54, 1.807) is 0 Å². The lowest BCUT2D eigenvalue weighted by Crippen LogP contribution is -2.20. The van der Waals surface area contributed by atoms with Crippen LogP contribution >= 0.6 is 0 Å². The number of hydrogen-bond donors (Lipinski definition) is 1. The van der Waals surface area contributed by atoms with Crippen molar-refractivity contribution in [3.8, 4) is 0 Å². The Morgan fingerprint density at radius 1 is 1.42 bits per heavy atom. The molecule has 1 aromatic carbocycles. The lowest BCUT2D eigenvalue weighted by molar-refractivity contribution is 0.0934. The molecule has 0 unspecified atom stereocenters. The second-order valence-corrected chi connectivity index (χ2v) is 2.87. The first-order chi connectivity index (χ1) is 5.75. The number of rotatable bonds is 3. The highest BCUT2D eigenvalue weighted by atomic mass is 16.1. The van der Waals surface area contributed by atoms with Crippen molar-refractivity contribution in [3.63, 3.8) is 0 Å². The standard InChI is InChI=1S/C10H13NO/c1-8(7-11)10(12)9-5-3-2-4-6-9/h2-6,8H,7,11H2,1H3/t8-/m1/s1. The lowest BCUT2D eigenvalue weighted by atomic mass is 10.00. The van der Waals surface area contributed by atoms with E-state index in [0.717, 1.165) is 5.56 Å². The van der Waals surface area contributed by atoms with Crippen LogP contribution in [0.4, 0.5) is 0 Å². The van der Waals surface area contributed by atoms with E-state index >= 15 is 0 Å². The topological polar surface area (TPSA) is 43.1 Å². The third kappa shape index (κ3) is 1.92. The van der Waals surface area contributed by atoms with Gasteiger partial charge in [0, 0.05) is 18.0 Å². The van der Waals surface area contributed by atoms with Crippen molar-refractivity contribution in [2.45, 2.75) is 6.92 Å². The van der Waals surface area contributed by atoms with Gasteiger partial charge in [-0.15, -0.1) is 0 Å². The fraction of sp³-hybridized carbons (Fsp3) is 0.300. The van der Waals surface area contributed by atoms with Crippen LogP contribution in [-0.2, 0) is 0 Å². The van der Waals surface area contributed by atoms with Crippen LogP contribution in [0.2, 0.25) is 0 Å². The van der Waals surface area contributed by atoms with Gasteiger partial charge in [0.1, 0.15) is 0 Å². The van der Waals surface area contributed by atoms with Crippen molar-refractivity contribution in [3.05, 3.63) is 35.9 Å². The van der Waals surface area contributed by atoms with Gasteiger partial charge in [-0.1, -0.05) is 37.3 Å². The van der Waals surface area contributed by atoms with E-state index in [-0.39, 0.29) is 11.7 Å². The second kappa shape index (κ2) is 4.02. The van der Waals surface area contributed by atoms with Gasteiger partial charge < -0.3 is 5.73 Å². The molecule has 0 saturated carbocycles. The third-order valence-electron chi connectivity index (χ3n) is 1.86. The van der Waals surface area contributed by atoms with Crippen LogP contribution in [0.3, 0.4) is 0 Å². The minimum Gasteiger partial charge on any atom is -0.330 e. The first-order valence-corrected chi connectivity index (χ1v) is 4.05. The van der Waals surface area contributed by atoms with Crippen LogP contribution in [0.15, 0.2) is 30.3 Å². The van der Waals surface area contributed by atoms with Gasteiger partial charge in [0.05, 0.1) is 0 Å². The maximum absolute atomic E-state index is 11.5. The molecule has 0 spiro atoms. The zero-order valence-electron chi connectivity index (χ0n) is 7.16. The van der Waals surface area contributed by atoms with E-state index in [0.29, 0.717) is 6.54 Å². The summed E-state index contributed by atoms with van der Waals surface area (Å²) in [4.78, 5) is 11.5. The number of hydrogen-bond acceptors (Lipinski definition) is 2. The highest BCUT2D eigenvalue weighted by Crippen LogP contribution is 2.06. The summed E-state index contributed by atoms with van der Waals surface area (Å²) in [7, 11) is 0. The van der Waals surface area contributed by atoms with E-state index in [1.165, 1.54) is 0 Å². The van der Waals surface area contributed by atoms with Crippen LogP contribution < -0.4 is 5.73 Å². The van der Waals surface area contributed by atoms with Gasteiger partial charge in [-0.3, -0.25) is 4.79 Å². The van der Waals surface area contributed by atoms with Crippen LogP contribution in [0, 0.1) is 5.92 Å². The molecule has 1 rings (SSSR count). The van der Waals surface area contributed by atoms with Crippen LogP contribution in [0.1, 0.15) is 17.3 Å². The van der Waals surface area contributed by atoms with E-state index in [1.807, 2.05) is 37.3 Å². The van der Waals surface area contributed by atoms with Gasteiger partial charge in [-0.25, -0.2) is 0 Å². The van der Waals surface area contributed by atoms with Crippen LogP contribution in [0.25, 0.3) is 0 Å². The Kier molecular flexibility index (Phi) is 3.00. The summed E-state index contributed by atoms with van der Waals surface area (Å²) < 4.78 is 0. The third-order valence-corrected chi connectivity index (χ3v) is 1.86. The molecule has 64 valence electrons. The average molecular weight is 163 g/mol. The molecule has 1 aromatic rings. The minimum absolute atomic E-state index is 0.0765. The molecule has 2 nitrogen and oxygen atoms in total. The molecule has 0 aliphatic carbocycles. The smallest absolute Gasteiger partial charge is 0.166 e. The molecule has 0 heterocycles. The van der Waals surface area contributed by atoms with Crippen molar-refractivity contribution < 1.29 is 4.79 Å². The Labute approximate surface area is 72.4 Å². The summed E-state index contributed by atoms with van der Waals surface area (Å²) in [5, 5.41) is 0. The quantitative estimate of drug-likeness (QED) is 0.685. The molecule has 0 bridgehead atoms. The molecule has 0 amide bonds. The second-order valence-electron chi connectivity index (χ2n) is 2.87. The summed E-state index contributed by atoms with van der Waals surface area (Å²) in [6.45, 7) is 2.25. The molecule has 0 fully saturated rings. The molecule has 1 atom stereocenters. The predicted molar refractivity (Wildman–Crippen MR) is 49.0 cm³/mol. The van der Waals surface area contributed by atoms with Gasteiger partial charge in [-0.05, 0) is 0 Å². The number of benzene rings is 1. The zero-order valence-corrected chi connectivity index (χ0v) is 7.16. The van der Waals surface area contributed by atoms with Gasteiger partial charge in [0.15, 0.2) is 5.78 Å². The average Bonchev–Trinajstić information content (AvgIpc) is 2.17. The SMILES string of the molecule is C[C@H](CN)C(=O)c1ccccc1. The van der Waals surface area contributed by atoms with Gasteiger partial charge in [0.2, 0.25) is 0 Å². The molecule has 0 aliphatic heterocycles. The fourth-order valence-corrected chi connectivity index (χ4v) is 0.994. The molecular formula is C10H13NO. The largest absolute Gasteiger partial charge is 0.330 e. The number of ketones is 1. The highest BCUT2D eigenvalue weighted by Gasteiger charge is 2.11. The van der Waals surface area contributed by atoms with Gasteiger partial charge in [0.25, 0.3) is 0 Å². The molecule has 0 aromatic heterocycles. The summed E-state index contributed by atoms with van der Waals surface area (Å²) in [6, 6.07) is 9.24. The van der Waals surface area contributed by atoms with E-state index < -0.39 is 0 Å². The van der Waals surface area contributed by atoms with Gasteiger partial charge >= 0.3 is 0 Å². The Morgan fingerprint density at radius 2 is 2.00 bits per heavy atom. The Bertz CT molecular complexity index is 256. The fourth-order valence-electron chi connectivity index (χ4n) is 0.994. The predicted octanol–water partition coefficient (Wildman–Crippen LogP) is 1.46. The summed E-state index contributed by atoms with van der Waals surface area (Å²) in [6.07, 6.45) is 0. The normalized spacial score (nSPS) is 12.5. The van der Waals surface area contributed by atoms with Crippen LogP contribution in [0.5, 0.6) is 0 Å². The minimum atomic E-state index is -0.0765. The zero-order chi connectivity index (χ0) is 8.97. The summed E-state index contributed by atoms with van der Waals surface area (Å²) in [5.74, 6) is 0.0468. The van der Waals surface area contributed by atoms with E-state index in [2.05, 4.69) is 0 Å². The van der Waals surface area contributed by atoms with Crippen molar-refractivity contribution >= 4 is 5.78 Å². The molecule has 0 saturated heterocycles. The molecule has 12 heavy (non-hydrogen) atoms. The summed E-state index contributed by atoms with van der Waals surface area (Å²) >= 11 is 0. The van der Waals surface area contributed by atoms with Crippen molar-refractivity contribution in [1.29, 1.82) is 0 Å². The first-order valence-electron chi connectivity index (χ1n) is 4.05. The molecule has 0 radical (unpaired) electrons. The molecule has 0 aliphatic rings. The maximum atomic E-state index is 11.5. The number of carbonyl (C=O) groups is 1. The number of Topliss-reactive ketones (excluding diaryl/α,β-unsaturated/α-hetero) is 1. The Balaban J connectivity index is 2.79. The van der Waals surface area contributed by atoms with E-state index in [4.69, 9.17) is 5.73 Å². The molecule has 2 N–H and O–H groups in total. The molecular weight excluding hydrogens is 150 g/mol. The van der Waals surface area contributed by atoms with Gasteiger partial charge in [-0.2, -0.15) is 0 Å². The first kappa shape index (κ1) is 8.94. The number of carbonyl (C=O) groups excluding carboxylic acids is 1. The van der Waals surface area contributed by atoms with E-state index in [9.17, 15) is 4.79 Å².